The summed E-state index contributed by atoms with van der Waals surface area (Å²) in [5.74, 6) is 0.411. The van der Waals surface area contributed by atoms with Crippen molar-refractivity contribution < 1.29 is 13.9 Å². The maximum Gasteiger partial charge on any atom is 0.257 e. The SMILES string of the molecule is Nc1ccc(C(=O)N2CC(F)C2)c2c1CCO2. The molecule has 0 radical (unpaired) electrons. The van der Waals surface area contributed by atoms with Crippen LogP contribution in [0.3, 0.4) is 0 Å². The van der Waals surface area contributed by atoms with E-state index in [-0.39, 0.29) is 19.0 Å². The lowest BCUT2D eigenvalue weighted by Gasteiger charge is -2.34. The number of hydrogen-bond acceptors (Lipinski definition) is 3. The van der Waals surface area contributed by atoms with E-state index >= 15 is 0 Å². The maximum atomic E-state index is 12.7. The Morgan fingerprint density at radius 3 is 2.94 bits per heavy atom. The average Bonchev–Trinajstić information content (AvgIpc) is 2.74. The molecular formula is C12H13FN2O2. The monoisotopic (exact) mass is 236 g/mol. The van der Waals surface area contributed by atoms with Gasteiger partial charge in [-0.05, 0) is 12.1 Å². The van der Waals surface area contributed by atoms with Crippen LogP contribution < -0.4 is 10.5 Å². The maximum absolute atomic E-state index is 12.7. The van der Waals surface area contributed by atoms with Crippen LogP contribution in [0.15, 0.2) is 12.1 Å². The van der Waals surface area contributed by atoms with Crippen molar-refractivity contribution in [3.05, 3.63) is 23.3 Å². The fraction of sp³-hybridized carbons (Fsp3) is 0.417. The lowest BCUT2D eigenvalue weighted by atomic mass is 10.0. The number of nitrogens with zero attached hydrogens (tertiary/aromatic N) is 1. The molecular weight excluding hydrogens is 223 g/mol. The van der Waals surface area contributed by atoms with Crippen molar-refractivity contribution in [3.63, 3.8) is 0 Å². The Hall–Kier alpha value is -1.78. The highest BCUT2D eigenvalue weighted by atomic mass is 19.1. The molecule has 4 nitrogen and oxygen atoms in total. The first-order chi connectivity index (χ1) is 8.16. The lowest BCUT2D eigenvalue weighted by molar-refractivity contribution is 0.0397. The van der Waals surface area contributed by atoms with Gasteiger partial charge in [0.1, 0.15) is 11.9 Å². The molecule has 0 atom stereocenters. The van der Waals surface area contributed by atoms with Crippen molar-refractivity contribution in [2.75, 3.05) is 25.4 Å². The smallest absolute Gasteiger partial charge is 0.257 e. The van der Waals surface area contributed by atoms with Gasteiger partial charge < -0.3 is 15.4 Å². The Morgan fingerprint density at radius 2 is 2.24 bits per heavy atom. The molecule has 17 heavy (non-hydrogen) atoms. The van der Waals surface area contributed by atoms with E-state index in [1.165, 1.54) is 4.90 Å². The number of halogens is 1. The summed E-state index contributed by atoms with van der Waals surface area (Å²) in [6, 6.07) is 3.38. The zero-order valence-electron chi connectivity index (χ0n) is 9.28. The Bertz CT molecular complexity index is 484. The number of likely N-dealkylation sites (tertiary alicyclic amines) is 1. The van der Waals surface area contributed by atoms with Gasteiger partial charge in [0.2, 0.25) is 0 Å². The van der Waals surface area contributed by atoms with Gasteiger partial charge in [0.15, 0.2) is 0 Å². The number of nitrogens with two attached hydrogens (primary N) is 1. The summed E-state index contributed by atoms with van der Waals surface area (Å²) >= 11 is 0. The molecule has 1 fully saturated rings. The van der Waals surface area contributed by atoms with E-state index in [9.17, 15) is 9.18 Å². The van der Waals surface area contributed by atoms with Gasteiger partial charge in [0.05, 0.1) is 25.3 Å². The molecule has 2 heterocycles. The topological polar surface area (TPSA) is 55.6 Å². The number of fused-ring (bicyclic) bond motifs is 1. The first-order valence-corrected chi connectivity index (χ1v) is 5.64. The number of carbonyl (C=O) groups excluding carboxylic acids is 1. The molecule has 0 aliphatic carbocycles. The number of amides is 1. The van der Waals surface area contributed by atoms with Crippen molar-refractivity contribution in [1.29, 1.82) is 0 Å². The highest BCUT2D eigenvalue weighted by molar-refractivity contribution is 5.98. The van der Waals surface area contributed by atoms with Crippen molar-refractivity contribution in [3.8, 4) is 5.75 Å². The highest BCUT2D eigenvalue weighted by Crippen LogP contribution is 2.35. The second-order valence-corrected chi connectivity index (χ2v) is 4.42. The van der Waals surface area contributed by atoms with E-state index < -0.39 is 6.17 Å². The molecule has 1 saturated heterocycles. The Kier molecular flexibility index (Phi) is 2.21. The Balaban J connectivity index is 1.93. The molecule has 5 heteroatoms. The van der Waals surface area contributed by atoms with Crippen molar-refractivity contribution in [2.24, 2.45) is 0 Å². The van der Waals surface area contributed by atoms with E-state index in [1.807, 2.05) is 0 Å². The fourth-order valence-electron chi connectivity index (χ4n) is 2.25. The molecule has 2 N–H and O–H groups in total. The minimum absolute atomic E-state index is 0.169. The first-order valence-electron chi connectivity index (χ1n) is 5.64. The summed E-state index contributed by atoms with van der Waals surface area (Å²) < 4.78 is 18.2. The van der Waals surface area contributed by atoms with Gasteiger partial charge in [-0.3, -0.25) is 4.79 Å². The molecule has 1 aromatic rings. The summed E-state index contributed by atoms with van der Waals surface area (Å²) in [7, 11) is 0. The van der Waals surface area contributed by atoms with Gasteiger partial charge in [0.25, 0.3) is 5.91 Å². The number of rotatable bonds is 1. The van der Waals surface area contributed by atoms with Crippen LogP contribution in [0.25, 0.3) is 0 Å². The number of benzene rings is 1. The lowest BCUT2D eigenvalue weighted by Crippen LogP contribution is -2.51. The molecule has 2 aliphatic heterocycles. The predicted molar refractivity (Wildman–Crippen MR) is 60.9 cm³/mol. The quantitative estimate of drug-likeness (QED) is 0.740. The predicted octanol–water partition coefficient (Wildman–Crippen LogP) is 0.998. The zero-order chi connectivity index (χ0) is 12.0. The van der Waals surface area contributed by atoms with Crippen molar-refractivity contribution >= 4 is 11.6 Å². The normalized spacial score (nSPS) is 18.5. The molecule has 0 saturated carbocycles. The Labute approximate surface area is 98.1 Å². The van der Waals surface area contributed by atoms with Crippen LogP contribution in [0.5, 0.6) is 5.75 Å². The largest absolute Gasteiger partial charge is 0.492 e. The Morgan fingerprint density at radius 1 is 1.47 bits per heavy atom. The van der Waals surface area contributed by atoms with Gasteiger partial charge in [0, 0.05) is 17.7 Å². The van der Waals surface area contributed by atoms with Gasteiger partial charge in [-0.2, -0.15) is 0 Å². The van der Waals surface area contributed by atoms with Crippen molar-refractivity contribution in [1.82, 2.24) is 4.90 Å². The van der Waals surface area contributed by atoms with Crippen molar-refractivity contribution in [2.45, 2.75) is 12.6 Å². The van der Waals surface area contributed by atoms with Crippen LogP contribution in [0.4, 0.5) is 10.1 Å². The van der Waals surface area contributed by atoms with Gasteiger partial charge >= 0.3 is 0 Å². The van der Waals surface area contributed by atoms with Crippen LogP contribution in [-0.2, 0) is 6.42 Å². The van der Waals surface area contributed by atoms with Gasteiger partial charge in [-0.1, -0.05) is 0 Å². The molecule has 0 spiro atoms. The highest BCUT2D eigenvalue weighted by Gasteiger charge is 2.33. The van der Waals surface area contributed by atoms with E-state index in [4.69, 9.17) is 10.5 Å². The molecule has 2 aliphatic rings. The van der Waals surface area contributed by atoms with E-state index in [2.05, 4.69) is 0 Å². The zero-order valence-corrected chi connectivity index (χ0v) is 9.28. The summed E-state index contributed by atoms with van der Waals surface area (Å²) in [6.07, 6.45) is -0.157. The molecule has 1 aromatic carbocycles. The molecule has 0 aromatic heterocycles. The summed E-state index contributed by atoms with van der Waals surface area (Å²) in [4.78, 5) is 13.6. The fourth-order valence-corrected chi connectivity index (χ4v) is 2.25. The number of alkyl halides is 1. The van der Waals surface area contributed by atoms with Crippen LogP contribution in [0, 0.1) is 0 Å². The van der Waals surface area contributed by atoms with Crippen LogP contribution >= 0.6 is 0 Å². The number of ether oxygens (including phenoxy) is 1. The van der Waals surface area contributed by atoms with Crippen LogP contribution in [0.2, 0.25) is 0 Å². The molecule has 3 rings (SSSR count). The average molecular weight is 236 g/mol. The number of carbonyl (C=O) groups is 1. The third-order valence-corrected chi connectivity index (χ3v) is 3.25. The summed E-state index contributed by atoms with van der Waals surface area (Å²) in [5, 5.41) is 0. The van der Waals surface area contributed by atoms with Crippen LogP contribution in [0.1, 0.15) is 15.9 Å². The van der Waals surface area contributed by atoms with E-state index in [0.717, 1.165) is 12.0 Å². The molecule has 1 amide bonds. The van der Waals surface area contributed by atoms with E-state index in [0.29, 0.717) is 23.6 Å². The first kappa shape index (κ1) is 10.4. The minimum atomic E-state index is -0.887. The minimum Gasteiger partial charge on any atom is -0.492 e. The summed E-state index contributed by atoms with van der Waals surface area (Å²) in [6.45, 7) is 0.908. The third-order valence-electron chi connectivity index (χ3n) is 3.25. The third kappa shape index (κ3) is 1.53. The van der Waals surface area contributed by atoms with Gasteiger partial charge in [-0.25, -0.2) is 4.39 Å². The standard InChI is InChI=1S/C12H13FN2O2/c13-7-5-15(6-7)12(16)9-1-2-10(14)8-3-4-17-11(8)9/h1-2,7H,3-6,14H2. The second kappa shape index (κ2) is 3.61. The van der Waals surface area contributed by atoms with Gasteiger partial charge in [-0.15, -0.1) is 0 Å². The van der Waals surface area contributed by atoms with Crippen LogP contribution in [-0.4, -0.2) is 36.7 Å². The van der Waals surface area contributed by atoms with E-state index in [1.54, 1.807) is 12.1 Å². The summed E-state index contributed by atoms with van der Waals surface area (Å²) in [5.41, 5.74) is 7.87. The number of hydrogen-bond donors (Lipinski definition) is 1. The molecule has 0 unspecified atom stereocenters. The number of anilines is 1. The number of nitrogen functional groups attached to an aromatic ring is 1. The molecule has 90 valence electrons. The second-order valence-electron chi connectivity index (χ2n) is 4.42. The molecule has 0 bridgehead atoms.